The molecule has 0 aliphatic carbocycles. The van der Waals surface area contributed by atoms with Crippen molar-refractivity contribution in [2.24, 2.45) is 11.7 Å². The number of carbonyl (C=O) groups is 2. The molecule has 0 aromatic carbocycles. The van der Waals surface area contributed by atoms with Crippen LogP contribution in [0, 0.1) is 18.3 Å². The van der Waals surface area contributed by atoms with Gasteiger partial charge in [-0.15, -0.1) is 12.3 Å². The van der Waals surface area contributed by atoms with Gasteiger partial charge in [0.05, 0.1) is 12.0 Å². The molecule has 5 nitrogen and oxygen atoms in total. The zero-order valence-corrected chi connectivity index (χ0v) is 7.99. The number of aliphatic carboxylic acids is 1. The van der Waals surface area contributed by atoms with Crippen LogP contribution in [-0.4, -0.2) is 29.6 Å². The van der Waals surface area contributed by atoms with E-state index in [-0.39, 0.29) is 13.0 Å². The van der Waals surface area contributed by atoms with E-state index in [0.717, 1.165) is 0 Å². The summed E-state index contributed by atoms with van der Waals surface area (Å²) in [6.07, 6.45) is 5.11. The molecule has 0 aromatic rings. The summed E-state index contributed by atoms with van der Waals surface area (Å²) < 4.78 is 0. The molecule has 4 N–H and O–H groups in total. The second-order valence-electron chi connectivity index (χ2n) is 3.00. The third kappa shape index (κ3) is 4.48. The molecule has 0 heterocycles. The van der Waals surface area contributed by atoms with Crippen molar-refractivity contribution < 1.29 is 14.7 Å². The number of carbonyl (C=O) groups excluding carboxylic acids is 1. The fourth-order valence-corrected chi connectivity index (χ4v) is 0.692. The zero-order chi connectivity index (χ0) is 11.1. The first-order valence-corrected chi connectivity index (χ1v) is 4.18. The maximum Gasteiger partial charge on any atom is 0.308 e. The van der Waals surface area contributed by atoms with Crippen LogP contribution in [0.5, 0.6) is 0 Å². The van der Waals surface area contributed by atoms with Gasteiger partial charge in [0, 0.05) is 13.0 Å². The van der Waals surface area contributed by atoms with Gasteiger partial charge in [-0.25, -0.2) is 0 Å². The molecule has 2 atom stereocenters. The topological polar surface area (TPSA) is 92.4 Å². The number of nitrogens with two attached hydrogens (primary N) is 1. The standard InChI is InChI=1S/C9H14N2O3/c1-3-4-7(10)8(12)11-5-6(2)9(13)14/h1,6-7H,4-5,10H2,2H3,(H,11,12)(H,13,14). The first kappa shape index (κ1) is 12.5. The highest BCUT2D eigenvalue weighted by Crippen LogP contribution is 1.92. The summed E-state index contributed by atoms with van der Waals surface area (Å²) in [6, 6.07) is -0.763. The van der Waals surface area contributed by atoms with E-state index < -0.39 is 23.8 Å². The van der Waals surface area contributed by atoms with Crippen LogP contribution >= 0.6 is 0 Å². The Morgan fingerprint density at radius 1 is 1.64 bits per heavy atom. The van der Waals surface area contributed by atoms with Crippen LogP contribution in [0.2, 0.25) is 0 Å². The van der Waals surface area contributed by atoms with Crippen molar-refractivity contribution in [3.8, 4) is 12.3 Å². The lowest BCUT2D eigenvalue weighted by atomic mass is 10.1. The second-order valence-corrected chi connectivity index (χ2v) is 3.00. The monoisotopic (exact) mass is 198 g/mol. The lowest BCUT2D eigenvalue weighted by Crippen LogP contribution is -2.42. The normalized spacial score (nSPS) is 13.8. The Balaban J connectivity index is 3.85. The maximum absolute atomic E-state index is 11.1. The fraction of sp³-hybridized carbons (Fsp3) is 0.556. The van der Waals surface area contributed by atoms with Crippen LogP contribution in [0.3, 0.4) is 0 Å². The summed E-state index contributed by atoms with van der Waals surface area (Å²) in [5, 5.41) is 10.9. The van der Waals surface area contributed by atoms with Gasteiger partial charge in [-0.1, -0.05) is 6.92 Å². The molecule has 2 unspecified atom stereocenters. The molecule has 0 saturated heterocycles. The van der Waals surface area contributed by atoms with Crippen LogP contribution in [0.4, 0.5) is 0 Å². The van der Waals surface area contributed by atoms with Gasteiger partial charge < -0.3 is 16.2 Å². The van der Waals surface area contributed by atoms with Crippen LogP contribution in [0.1, 0.15) is 13.3 Å². The Kier molecular flexibility index (Phi) is 5.34. The van der Waals surface area contributed by atoms with Gasteiger partial charge in [0.25, 0.3) is 0 Å². The maximum atomic E-state index is 11.1. The van der Waals surface area contributed by atoms with E-state index >= 15 is 0 Å². The molecule has 0 saturated carbocycles. The van der Waals surface area contributed by atoms with E-state index in [1.807, 2.05) is 0 Å². The molecule has 0 aliphatic rings. The van der Waals surface area contributed by atoms with Crippen molar-refractivity contribution in [3.63, 3.8) is 0 Å². The van der Waals surface area contributed by atoms with E-state index in [0.29, 0.717) is 0 Å². The summed E-state index contributed by atoms with van der Waals surface area (Å²) in [6.45, 7) is 1.56. The lowest BCUT2D eigenvalue weighted by molar-refractivity contribution is -0.141. The molecule has 78 valence electrons. The highest BCUT2D eigenvalue weighted by molar-refractivity contribution is 5.82. The summed E-state index contributed by atoms with van der Waals surface area (Å²) in [5.74, 6) is 0.246. The quantitative estimate of drug-likeness (QED) is 0.503. The SMILES string of the molecule is C#CCC(N)C(=O)NCC(C)C(=O)O. The zero-order valence-electron chi connectivity index (χ0n) is 7.99. The minimum absolute atomic E-state index is 0.0619. The predicted octanol–water partition coefficient (Wildman–Crippen LogP) is -0.826. The second kappa shape index (κ2) is 6.00. The van der Waals surface area contributed by atoms with Gasteiger partial charge in [-0.3, -0.25) is 9.59 Å². The first-order valence-electron chi connectivity index (χ1n) is 4.18. The third-order valence-electron chi connectivity index (χ3n) is 1.68. The number of nitrogens with one attached hydrogen (secondary N) is 1. The number of carboxylic acid groups (broad SMARTS) is 1. The van der Waals surface area contributed by atoms with E-state index in [4.69, 9.17) is 17.3 Å². The average Bonchev–Trinajstić information content (AvgIpc) is 2.13. The highest BCUT2D eigenvalue weighted by atomic mass is 16.4. The van der Waals surface area contributed by atoms with Gasteiger partial charge >= 0.3 is 5.97 Å². The van der Waals surface area contributed by atoms with Gasteiger partial charge in [0.2, 0.25) is 5.91 Å². The van der Waals surface area contributed by atoms with Gasteiger partial charge in [0.1, 0.15) is 0 Å². The molecule has 0 bridgehead atoms. The van der Waals surface area contributed by atoms with E-state index in [1.54, 1.807) is 0 Å². The molecule has 0 radical (unpaired) electrons. The Labute approximate surface area is 82.7 Å². The molecule has 1 amide bonds. The van der Waals surface area contributed by atoms with Crippen molar-refractivity contribution >= 4 is 11.9 Å². The molecule has 0 aromatic heterocycles. The molecular formula is C9H14N2O3. The minimum atomic E-state index is -0.962. The summed E-state index contributed by atoms with van der Waals surface area (Å²) in [4.78, 5) is 21.5. The summed E-state index contributed by atoms with van der Waals surface area (Å²) in [7, 11) is 0. The highest BCUT2D eigenvalue weighted by Gasteiger charge is 2.15. The van der Waals surface area contributed by atoms with Gasteiger partial charge in [-0.05, 0) is 0 Å². The first-order chi connectivity index (χ1) is 6.49. The Morgan fingerprint density at radius 3 is 2.64 bits per heavy atom. The number of carboxylic acids is 1. The Bertz CT molecular complexity index is 257. The minimum Gasteiger partial charge on any atom is -0.481 e. The summed E-state index contributed by atoms with van der Waals surface area (Å²) in [5.41, 5.74) is 5.39. The Morgan fingerprint density at radius 2 is 2.21 bits per heavy atom. The molecule has 0 spiro atoms. The lowest BCUT2D eigenvalue weighted by Gasteiger charge is -2.11. The van der Waals surface area contributed by atoms with Crippen LogP contribution in [-0.2, 0) is 9.59 Å². The molecule has 0 fully saturated rings. The van der Waals surface area contributed by atoms with Gasteiger partial charge in [-0.2, -0.15) is 0 Å². The summed E-state index contributed by atoms with van der Waals surface area (Å²) >= 11 is 0. The average molecular weight is 198 g/mol. The van der Waals surface area contributed by atoms with Crippen molar-refractivity contribution in [3.05, 3.63) is 0 Å². The fourth-order valence-electron chi connectivity index (χ4n) is 0.692. The Hall–Kier alpha value is -1.54. The van der Waals surface area contributed by atoms with E-state index in [1.165, 1.54) is 6.92 Å². The smallest absolute Gasteiger partial charge is 0.308 e. The van der Waals surface area contributed by atoms with Crippen molar-refractivity contribution in [2.45, 2.75) is 19.4 Å². The molecular weight excluding hydrogens is 184 g/mol. The van der Waals surface area contributed by atoms with Crippen LogP contribution < -0.4 is 11.1 Å². The predicted molar refractivity (Wildman–Crippen MR) is 51.2 cm³/mol. The number of hydrogen-bond donors (Lipinski definition) is 3. The molecule has 0 aliphatic heterocycles. The van der Waals surface area contributed by atoms with Gasteiger partial charge in [0.15, 0.2) is 0 Å². The van der Waals surface area contributed by atoms with Crippen LogP contribution in [0.15, 0.2) is 0 Å². The molecule has 14 heavy (non-hydrogen) atoms. The van der Waals surface area contributed by atoms with Crippen molar-refractivity contribution in [1.82, 2.24) is 5.32 Å². The van der Waals surface area contributed by atoms with E-state index in [9.17, 15) is 9.59 Å². The number of rotatable bonds is 5. The third-order valence-corrected chi connectivity index (χ3v) is 1.68. The van der Waals surface area contributed by atoms with Crippen molar-refractivity contribution in [2.75, 3.05) is 6.54 Å². The van der Waals surface area contributed by atoms with Crippen molar-refractivity contribution in [1.29, 1.82) is 0 Å². The number of terminal acetylenes is 1. The number of hydrogen-bond acceptors (Lipinski definition) is 3. The number of amides is 1. The van der Waals surface area contributed by atoms with Crippen LogP contribution in [0.25, 0.3) is 0 Å². The largest absolute Gasteiger partial charge is 0.481 e. The molecule has 0 rings (SSSR count). The van der Waals surface area contributed by atoms with E-state index in [2.05, 4.69) is 11.2 Å². The molecule has 5 heteroatoms.